The molecule has 3 heteroatoms. The van der Waals surface area contributed by atoms with Gasteiger partial charge in [-0.2, -0.15) is 12.6 Å². The fourth-order valence-electron chi connectivity index (χ4n) is 1.42. The maximum atomic E-state index is 5.31. The Labute approximate surface area is 90.6 Å². The first-order valence-electron chi connectivity index (χ1n) is 4.64. The number of aryl methyl sites for hydroxylation is 1. The number of para-hydroxylation sites is 1. The molecule has 0 unspecified atom stereocenters. The monoisotopic (exact) mass is 212 g/mol. The van der Waals surface area contributed by atoms with Crippen LogP contribution in [0.3, 0.4) is 0 Å². The van der Waals surface area contributed by atoms with Crippen LogP contribution in [0.2, 0.25) is 0 Å². The van der Waals surface area contributed by atoms with E-state index in [-0.39, 0.29) is 0 Å². The number of benzene rings is 1. The standard InChI is InChI=1S/C11H16O2S/c1-12-10-7-3-5-9(6-4-8-14)11(10)13-2/h3,5,7,14H,4,6,8H2,1-2H3. The number of thiol groups is 1. The zero-order chi connectivity index (χ0) is 10.4. The number of rotatable bonds is 5. The molecule has 0 heterocycles. The summed E-state index contributed by atoms with van der Waals surface area (Å²) in [5.74, 6) is 2.53. The molecule has 0 atom stereocenters. The van der Waals surface area contributed by atoms with Crippen molar-refractivity contribution in [3.05, 3.63) is 23.8 Å². The van der Waals surface area contributed by atoms with Crippen LogP contribution in [0.4, 0.5) is 0 Å². The average Bonchev–Trinajstić information content (AvgIpc) is 2.25. The SMILES string of the molecule is COc1cccc(CCCS)c1OC. The van der Waals surface area contributed by atoms with Crippen LogP contribution in [-0.4, -0.2) is 20.0 Å². The number of methoxy groups -OCH3 is 2. The molecule has 0 aromatic heterocycles. The van der Waals surface area contributed by atoms with E-state index in [1.807, 2.05) is 12.1 Å². The van der Waals surface area contributed by atoms with Gasteiger partial charge in [0.2, 0.25) is 0 Å². The van der Waals surface area contributed by atoms with E-state index in [4.69, 9.17) is 9.47 Å². The lowest BCUT2D eigenvalue weighted by Gasteiger charge is -2.11. The van der Waals surface area contributed by atoms with Crippen molar-refractivity contribution in [3.8, 4) is 11.5 Å². The third-order valence-corrected chi connectivity index (χ3v) is 2.40. The predicted molar refractivity (Wildman–Crippen MR) is 61.7 cm³/mol. The Balaban J connectivity index is 2.90. The third kappa shape index (κ3) is 2.58. The second-order valence-corrected chi connectivity index (χ2v) is 3.43. The summed E-state index contributed by atoms with van der Waals surface area (Å²) in [4.78, 5) is 0. The molecule has 0 spiro atoms. The van der Waals surface area contributed by atoms with Crippen LogP contribution in [0.1, 0.15) is 12.0 Å². The van der Waals surface area contributed by atoms with E-state index in [0.29, 0.717) is 0 Å². The number of hydrogen-bond acceptors (Lipinski definition) is 3. The van der Waals surface area contributed by atoms with E-state index in [0.717, 1.165) is 30.1 Å². The second-order valence-electron chi connectivity index (χ2n) is 2.98. The third-order valence-electron chi connectivity index (χ3n) is 2.09. The van der Waals surface area contributed by atoms with E-state index in [2.05, 4.69) is 18.7 Å². The molecular weight excluding hydrogens is 196 g/mol. The lowest BCUT2D eigenvalue weighted by molar-refractivity contribution is 0.351. The van der Waals surface area contributed by atoms with Gasteiger partial charge in [-0.05, 0) is 30.2 Å². The number of hydrogen-bond donors (Lipinski definition) is 1. The average molecular weight is 212 g/mol. The minimum Gasteiger partial charge on any atom is -0.493 e. The van der Waals surface area contributed by atoms with E-state index in [9.17, 15) is 0 Å². The van der Waals surface area contributed by atoms with Crippen LogP contribution in [0.25, 0.3) is 0 Å². The Morgan fingerprint density at radius 2 is 2.00 bits per heavy atom. The number of ether oxygens (including phenoxy) is 2. The molecule has 78 valence electrons. The highest BCUT2D eigenvalue weighted by Gasteiger charge is 2.07. The molecule has 1 aromatic carbocycles. The molecule has 2 nitrogen and oxygen atoms in total. The first-order chi connectivity index (χ1) is 6.83. The summed E-state index contributed by atoms with van der Waals surface area (Å²) in [6.45, 7) is 0. The summed E-state index contributed by atoms with van der Waals surface area (Å²) in [6.07, 6.45) is 2.02. The van der Waals surface area contributed by atoms with Crippen LogP contribution >= 0.6 is 12.6 Å². The zero-order valence-corrected chi connectivity index (χ0v) is 9.51. The topological polar surface area (TPSA) is 18.5 Å². The highest BCUT2D eigenvalue weighted by atomic mass is 32.1. The van der Waals surface area contributed by atoms with Crippen LogP contribution in [0.15, 0.2) is 18.2 Å². The maximum absolute atomic E-state index is 5.31. The molecule has 0 fully saturated rings. The normalized spacial score (nSPS) is 9.93. The fourth-order valence-corrected chi connectivity index (χ4v) is 1.58. The van der Waals surface area contributed by atoms with Crippen LogP contribution < -0.4 is 9.47 Å². The maximum Gasteiger partial charge on any atom is 0.163 e. The molecule has 0 N–H and O–H groups in total. The van der Waals surface area contributed by atoms with Crippen molar-refractivity contribution in [2.75, 3.05) is 20.0 Å². The summed E-state index contributed by atoms with van der Waals surface area (Å²) in [6, 6.07) is 5.95. The van der Waals surface area contributed by atoms with Gasteiger partial charge in [0.15, 0.2) is 11.5 Å². The molecule has 0 saturated carbocycles. The molecule has 0 bridgehead atoms. The van der Waals surface area contributed by atoms with Crippen LogP contribution in [-0.2, 0) is 6.42 Å². The van der Waals surface area contributed by atoms with Crippen molar-refractivity contribution in [3.63, 3.8) is 0 Å². The van der Waals surface area contributed by atoms with Gasteiger partial charge in [-0.1, -0.05) is 12.1 Å². The Morgan fingerprint density at radius 1 is 1.21 bits per heavy atom. The van der Waals surface area contributed by atoms with Gasteiger partial charge in [0.05, 0.1) is 14.2 Å². The lowest BCUT2D eigenvalue weighted by Crippen LogP contribution is -1.96. The predicted octanol–water partition coefficient (Wildman–Crippen LogP) is 2.57. The van der Waals surface area contributed by atoms with Crippen LogP contribution in [0.5, 0.6) is 11.5 Å². The molecule has 0 aliphatic heterocycles. The van der Waals surface area contributed by atoms with Crippen molar-refractivity contribution in [1.29, 1.82) is 0 Å². The Morgan fingerprint density at radius 3 is 2.57 bits per heavy atom. The van der Waals surface area contributed by atoms with E-state index < -0.39 is 0 Å². The van der Waals surface area contributed by atoms with E-state index >= 15 is 0 Å². The molecule has 14 heavy (non-hydrogen) atoms. The Bertz CT molecular complexity index is 287. The van der Waals surface area contributed by atoms with Gasteiger partial charge in [-0.15, -0.1) is 0 Å². The fraction of sp³-hybridized carbons (Fsp3) is 0.455. The van der Waals surface area contributed by atoms with Gasteiger partial charge in [0.1, 0.15) is 0 Å². The van der Waals surface area contributed by atoms with Crippen LogP contribution in [0, 0.1) is 0 Å². The molecule has 0 saturated heterocycles. The summed E-state index contributed by atoms with van der Waals surface area (Å²) >= 11 is 4.19. The zero-order valence-electron chi connectivity index (χ0n) is 8.62. The largest absolute Gasteiger partial charge is 0.493 e. The smallest absolute Gasteiger partial charge is 0.163 e. The molecule has 0 radical (unpaired) electrons. The summed E-state index contributed by atoms with van der Waals surface area (Å²) in [5, 5.41) is 0. The molecule has 0 amide bonds. The molecule has 1 rings (SSSR count). The van der Waals surface area contributed by atoms with Crippen molar-refractivity contribution in [1.82, 2.24) is 0 Å². The Kier molecular flexibility index (Phi) is 4.66. The minimum absolute atomic E-state index is 0.796. The summed E-state index contributed by atoms with van der Waals surface area (Å²) in [7, 11) is 3.32. The van der Waals surface area contributed by atoms with Gasteiger partial charge in [0.25, 0.3) is 0 Å². The van der Waals surface area contributed by atoms with Gasteiger partial charge in [-0.25, -0.2) is 0 Å². The van der Waals surface area contributed by atoms with E-state index in [1.54, 1.807) is 14.2 Å². The van der Waals surface area contributed by atoms with Crippen molar-refractivity contribution >= 4 is 12.6 Å². The molecule has 1 aromatic rings. The second kappa shape index (κ2) is 5.81. The van der Waals surface area contributed by atoms with Crippen molar-refractivity contribution in [2.45, 2.75) is 12.8 Å². The molecule has 0 aliphatic carbocycles. The Hall–Kier alpha value is -0.830. The summed E-state index contributed by atoms with van der Waals surface area (Å²) < 4.78 is 10.5. The van der Waals surface area contributed by atoms with Crippen molar-refractivity contribution < 1.29 is 9.47 Å². The first-order valence-corrected chi connectivity index (χ1v) is 5.27. The van der Waals surface area contributed by atoms with Crippen molar-refractivity contribution in [2.24, 2.45) is 0 Å². The van der Waals surface area contributed by atoms with Gasteiger partial charge in [-0.3, -0.25) is 0 Å². The quantitative estimate of drug-likeness (QED) is 0.756. The summed E-state index contributed by atoms with van der Waals surface area (Å²) in [5.41, 5.74) is 1.18. The molecule has 0 aliphatic rings. The lowest BCUT2D eigenvalue weighted by atomic mass is 10.1. The minimum atomic E-state index is 0.796. The van der Waals surface area contributed by atoms with Gasteiger partial charge < -0.3 is 9.47 Å². The van der Waals surface area contributed by atoms with Gasteiger partial charge in [0, 0.05) is 0 Å². The highest BCUT2D eigenvalue weighted by molar-refractivity contribution is 7.80. The highest BCUT2D eigenvalue weighted by Crippen LogP contribution is 2.31. The molecular formula is C11H16O2S. The van der Waals surface area contributed by atoms with E-state index in [1.165, 1.54) is 5.56 Å². The first kappa shape index (κ1) is 11.2. The van der Waals surface area contributed by atoms with Gasteiger partial charge >= 0.3 is 0 Å².